The number of hydrogen-bond donors (Lipinski definition) is 1. The molecule has 2 heterocycles. The predicted octanol–water partition coefficient (Wildman–Crippen LogP) is 3.09. The first-order valence-corrected chi connectivity index (χ1v) is 13.9. The number of likely N-dealkylation sites (tertiary alicyclic amines) is 1. The van der Waals surface area contributed by atoms with Crippen molar-refractivity contribution in [1.82, 2.24) is 14.5 Å². The highest BCUT2D eigenvalue weighted by molar-refractivity contribution is 7.89. The Morgan fingerprint density at radius 2 is 1.74 bits per heavy atom. The van der Waals surface area contributed by atoms with Gasteiger partial charge in [-0.2, -0.15) is 4.31 Å². The normalized spacial score (nSPS) is 23.9. The van der Waals surface area contributed by atoms with Gasteiger partial charge in [-0.15, -0.1) is 0 Å². The van der Waals surface area contributed by atoms with Crippen molar-refractivity contribution in [1.29, 1.82) is 0 Å². The highest BCUT2D eigenvalue weighted by atomic mass is 32.2. The lowest BCUT2D eigenvalue weighted by atomic mass is 9.96. The van der Waals surface area contributed by atoms with Gasteiger partial charge < -0.3 is 15.0 Å². The zero-order valence-electron chi connectivity index (χ0n) is 20.5. The Hall–Kier alpha value is -2.13. The number of sulfonamides is 1. The third kappa shape index (κ3) is 5.74. The highest BCUT2D eigenvalue weighted by Crippen LogP contribution is 2.28. The number of carbonyl (C=O) groups excluding carboxylic acids is 2. The number of amides is 2. The summed E-state index contributed by atoms with van der Waals surface area (Å²) >= 11 is 0. The van der Waals surface area contributed by atoms with Crippen LogP contribution in [-0.4, -0.2) is 67.4 Å². The van der Waals surface area contributed by atoms with Crippen LogP contribution in [0.25, 0.3) is 0 Å². The van der Waals surface area contributed by atoms with Gasteiger partial charge in [0.15, 0.2) is 0 Å². The molecule has 1 aromatic carbocycles. The Kier molecular flexibility index (Phi) is 7.24. The van der Waals surface area contributed by atoms with Crippen LogP contribution < -0.4 is 5.32 Å². The largest absolute Gasteiger partial charge is 0.444 e. The SMILES string of the molecule is CC(C)(C)OC(=O)N1CCCC(C(=O)NC2CCCN(S(=O)(=O)c3ccc4c(c3)CCC4)C2)C1. The quantitative estimate of drug-likeness (QED) is 0.698. The molecule has 1 aromatic rings. The molecule has 0 saturated carbocycles. The molecule has 0 aromatic heterocycles. The van der Waals surface area contributed by atoms with Crippen LogP contribution in [-0.2, 0) is 32.4 Å². The number of carbonyl (C=O) groups is 2. The van der Waals surface area contributed by atoms with Crippen LogP contribution in [0, 0.1) is 5.92 Å². The summed E-state index contributed by atoms with van der Waals surface area (Å²) < 4.78 is 33.6. The lowest BCUT2D eigenvalue weighted by Gasteiger charge is -2.36. The Morgan fingerprint density at radius 3 is 2.50 bits per heavy atom. The van der Waals surface area contributed by atoms with Crippen molar-refractivity contribution in [2.45, 2.75) is 82.3 Å². The van der Waals surface area contributed by atoms with Crippen LogP contribution in [0.1, 0.15) is 64.0 Å². The number of nitrogens with one attached hydrogen (secondary N) is 1. The van der Waals surface area contributed by atoms with Crippen molar-refractivity contribution in [3.63, 3.8) is 0 Å². The topological polar surface area (TPSA) is 96.0 Å². The molecule has 8 nitrogen and oxygen atoms in total. The van der Waals surface area contributed by atoms with Crippen LogP contribution in [0.3, 0.4) is 0 Å². The molecule has 2 fully saturated rings. The van der Waals surface area contributed by atoms with E-state index >= 15 is 0 Å². The van der Waals surface area contributed by atoms with E-state index in [1.165, 1.54) is 9.87 Å². The Morgan fingerprint density at radius 1 is 1.00 bits per heavy atom. The van der Waals surface area contributed by atoms with Crippen molar-refractivity contribution in [3.05, 3.63) is 29.3 Å². The van der Waals surface area contributed by atoms with Crippen molar-refractivity contribution in [2.24, 2.45) is 5.92 Å². The molecular formula is C25H37N3O5S. The number of ether oxygens (including phenoxy) is 1. The number of aryl methyl sites for hydroxylation is 2. The molecule has 0 bridgehead atoms. The molecule has 2 amide bonds. The molecule has 2 atom stereocenters. The smallest absolute Gasteiger partial charge is 0.410 e. The van der Waals surface area contributed by atoms with Gasteiger partial charge >= 0.3 is 6.09 Å². The third-order valence-corrected chi connectivity index (χ3v) is 8.74. The summed E-state index contributed by atoms with van der Waals surface area (Å²) in [7, 11) is -3.60. The van der Waals surface area contributed by atoms with Gasteiger partial charge in [0.2, 0.25) is 15.9 Å². The van der Waals surface area contributed by atoms with Crippen molar-refractivity contribution in [3.8, 4) is 0 Å². The zero-order chi connectivity index (χ0) is 24.5. The first-order chi connectivity index (χ1) is 16.0. The van der Waals surface area contributed by atoms with E-state index < -0.39 is 21.7 Å². The molecule has 2 aliphatic heterocycles. The van der Waals surface area contributed by atoms with Gasteiger partial charge in [0.1, 0.15) is 5.60 Å². The van der Waals surface area contributed by atoms with E-state index in [9.17, 15) is 18.0 Å². The molecule has 1 aliphatic carbocycles. The van der Waals surface area contributed by atoms with E-state index in [-0.39, 0.29) is 24.4 Å². The van der Waals surface area contributed by atoms with Gasteiger partial charge in [-0.25, -0.2) is 13.2 Å². The molecule has 34 heavy (non-hydrogen) atoms. The second kappa shape index (κ2) is 9.85. The third-order valence-electron chi connectivity index (χ3n) is 6.88. The minimum atomic E-state index is -3.60. The number of nitrogens with zero attached hydrogens (tertiary/aromatic N) is 2. The fourth-order valence-corrected chi connectivity index (χ4v) is 6.71. The van der Waals surface area contributed by atoms with E-state index in [4.69, 9.17) is 4.74 Å². The van der Waals surface area contributed by atoms with Crippen molar-refractivity contribution in [2.75, 3.05) is 26.2 Å². The summed E-state index contributed by atoms with van der Waals surface area (Å²) in [6, 6.07) is 5.25. The number of rotatable bonds is 4. The molecule has 4 rings (SSSR count). The summed E-state index contributed by atoms with van der Waals surface area (Å²) in [6.07, 6.45) is 5.50. The summed E-state index contributed by atoms with van der Waals surface area (Å²) in [4.78, 5) is 27.4. The van der Waals surface area contributed by atoms with E-state index in [0.717, 1.165) is 37.7 Å². The van der Waals surface area contributed by atoms with E-state index in [2.05, 4.69) is 5.32 Å². The molecule has 3 aliphatic rings. The minimum absolute atomic E-state index is 0.116. The second-order valence-electron chi connectivity index (χ2n) is 10.8. The van der Waals surface area contributed by atoms with Gasteiger partial charge in [0.05, 0.1) is 10.8 Å². The maximum absolute atomic E-state index is 13.3. The average Bonchev–Trinajstić information content (AvgIpc) is 3.26. The monoisotopic (exact) mass is 491 g/mol. The molecule has 2 saturated heterocycles. The van der Waals surface area contributed by atoms with Crippen LogP contribution in [0.4, 0.5) is 4.79 Å². The fraction of sp³-hybridized carbons (Fsp3) is 0.680. The minimum Gasteiger partial charge on any atom is -0.444 e. The van der Waals surface area contributed by atoms with Crippen LogP contribution >= 0.6 is 0 Å². The number of benzene rings is 1. The van der Waals surface area contributed by atoms with Gasteiger partial charge in [-0.3, -0.25) is 4.79 Å². The molecule has 2 unspecified atom stereocenters. The van der Waals surface area contributed by atoms with E-state index in [0.29, 0.717) is 37.4 Å². The molecule has 188 valence electrons. The van der Waals surface area contributed by atoms with E-state index in [1.54, 1.807) is 11.0 Å². The average molecular weight is 492 g/mol. The van der Waals surface area contributed by atoms with Gasteiger partial charge in [-0.05, 0) is 89.0 Å². The van der Waals surface area contributed by atoms with Crippen LogP contribution in [0.2, 0.25) is 0 Å². The predicted molar refractivity (Wildman–Crippen MR) is 129 cm³/mol. The van der Waals surface area contributed by atoms with Gasteiger partial charge in [0.25, 0.3) is 0 Å². The molecule has 1 N–H and O–H groups in total. The lowest BCUT2D eigenvalue weighted by Crippen LogP contribution is -2.53. The van der Waals surface area contributed by atoms with Gasteiger partial charge in [-0.1, -0.05) is 6.07 Å². The Bertz CT molecular complexity index is 1030. The maximum atomic E-state index is 13.3. The van der Waals surface area contributed by atoms with Crippen LogP contribution in [0.5, 0.6) is 0 Å². The van der Waals surface area contributed by atoms with Crippen molar-refractivity contribution >= 4 is 22.0 Å². The Balaban J connectivity index is 1.36. The first kappa shape index (κ1) is 25.0. The maximum Gasteiger partial charge on any atom is 0.410 e. The van der Waals surface area contributed by atoms with Crippen molar-refractivity contribution < 1.29 is 22.7 Å². The van der Waals surface area contributed by atoms with Crippen LogP contribution in [0.15, 0.2) is 23.1 Å². The summed E-state index contributed by atoms with van der Waals surface area (Å²) in [6.45, 7) is 7.11. The van der Waals surface area contributed by atoms with Gasteiger partial charge in [0, 0.05) is 32.2 Å². The van der Waals surface area contributed by atoms with E-state index in [1.807, 2.05) is 32.9 Å². The number of fused-ring (bicyclic) bond motifs is 1. The standard InChI is InChI=1S/C25H37N3O5S/c1-25(2,3)33-24(30)27-13-5-9-20(16-27)23(29)26-21-10-6-14-28(17-21)34(31,32)22-12-11-18-7-4-8-19(18)15-22/h11-12,15,20-21H,4-10,13-14,16-17H2,1-3H3,(H,26,29). The summed E-state index contributed by atoms with van der Waals surface area (Å²) in [5.74, 6) is -0.431. The number of piperidine rings is 2. The fourth-order valence-electron chi connectivity index (χ4n) is 5.14. The lowest BCUT2D eigenvalue weighted by molar-refractivity contribution is -0.127. The summed E-state index contributed by atoms with van der Waals surface area (Å²) in [5, 5.41) is 3.07. The molecule has 9 heteroatoms. The Labute approximate surface area is 203 Å². The molecular weight excluding hydrogens is 454 g/mol. The summed E-state index contributed by atoms with van der Waals surface area (Å²) in [5.41, 5.74) is 1.80. The molecule has 0 spiro atoms. The second-order valence-corrected chi connectivity index (χ2v) is 12.7. The highest BCUT2D eigenvalue weighted by Gasteiger charge is 2.35. The first-order valence-electron chi connectivity index (χ1n) is 12.4. The number of hydrogen-bond acceptors (Lipinski definition) is 5. The zero-order valence-corrected chi connectivity index (χ0v) is 21.3. The molecule has 0 radical (unpaired) electrons.